The Balaban J connectivity index is 1.47. The van der Waals surface area contributed by atoms with Gasteiger partial charge in [0.15, 0.2) is 0 Å². The van der Waals surface area contributed by atoms with Crippen LogP contribution in [0.5, 0.6) is 11.5 Å². The second-order valence-corrected chi connectivity index (χ2v) is 6.44. The average Bonchev–Trinajstić information content (AvgIpc) is 2.73. The lowest BCUT2D eigenvalue weighted by molar-refractivity contribution is 0.0938. The van der Waals surface area contributed by atoms with Crippen molar-refractivity contribution in [2.45, 2.75) is 39.2 Å². The van der Waals surface area contributed by atoms with E-state index in [1.807, 2.05) is 55.5 Å². The van der Waals surface area contributed by atoms with Crippen molar-refractivity contribution in [3.63, 3.8) is 0 Å². The summed E-state index contributed by atoms with van der Waals surface area (Å²) in [5.41, 5.74) is 8.49. The lowest BCUT2D eigenvalue weighted by Crippen LogP contribution is -2.37. The smallest absolute Gasteiger partial charge is 0.269 e. The number of hydrogen-bond acceptors (Lipinski definition) is 4. The quantitative estimate of drug-likeness (QED) is 0.682. The highest BCUT2D eigenvalue weighted by Crippen LogP contribution is 2.19. The Labute approximate surface area is 160 Å². The molecule has 5 nitrogen and oxygen atoms in total. The molecule has 2 N–H and O–H groups in total. The molecule has 0 aromatic heterocycles. The topological polar surface area (TPSA) is 59.6 Å². The molecule has 142 valence electrons. The van der Waals surface area contributed by atoms with Crippen molar-refractivity contribution in [2.24, 2.45) is 0 Å². The fourth-order valence-corrected chi connectivity index (χ4v) is 2.88. The standard InChI is InChI=1S/C22H26N2O3/c1-2-26-20-12-14-21(15-13-20)27-16-17-8-10-18(11-9-17)22(25)24-23-19-6-4-3-5-7-19/h6,8-15,23H,2-5,7,16H2,1H3,(H,24,25). The molecule has 27 heavy (non-hydrogen) atoms. The first-order valence-electron chi connectivity index (χ1n) is 9.44. The van der Waals surface area contributed by atoms with Gasteiger partial charge in [-0.1, -0.05) is 18.2 Å². The molecule has 0 bridgehead atoms. The highest BCUT2D eigenvalue weighted by molar-refractivity contribution is 5.93. The molecule has 1 aliphatic rings. The van der Waals surface area contributed by atoms with Gasteiger partial charge in [0.05, 0.1) is 6.61 Å². The number of allylic oxidation sites excluding steroid dienone is 2. The van der Waals surface area contributed by atoms with E-state index in [0.717, 1.165) is 42.0 Å². The van der Waals surface area contributed by atoms with Gasteiger partial charge in [-0.2, -0.15) is 0 Å². The first-order chi connectivity index (χ1) is 13.2. The van der Waals surface area contributed by atoms with E-state index in [0.29, 0.717) is 18.8 Å². The third-order valence-electron chi connectivity index (χ3n) is 4.38. The molecule has 0 saturated heterocycles. The molecule has 0 unspecified atom stereocenters. The number of hydrogen-bond donors (Lipinski definition) is 2. The number of nitrogens with one attached hydrogen (secondary N) is 2. The molecule has 0 spiro atoms. The molecule has 0 heterocycles. The van der Waals surface area contributed by atoms with Crippen LogP contribution < -0.4 is 20.3 Å². The van der Waals surface area contributed by atoms with Gasteiger partial charge in [-0.3, -0.25) is 10.2 Å². The SMILES string of the molecule is CCOc1ccc(OCc2ccc(C(=O)NNC3=CCCCC3)cc2)cc1. The molecular weight excluding hydrogens is 340 g/mol. The van der Waals surface area contributed by atoms with Crippen molar-refractivity contribution in [3.8, 4) is 11.5 Å². The summed E-state index contributed by atoms with van der Waals surface area (Å²) in [6, 6.07) is 15.0. The van der Waals surface area contributed by atoms with Gasteiger partial charge in [-0.05, 0) is 74.6 Å². The normalized spacial score (nSPS) is 13.4. The van der Waals surface area contributed by atoms with Crippen molar-refractivity contribution in [1.82, 2.24) is 10.9 Å². The number of rotatable bonds is 8. The molecule has 1 amide bonds. The molecule has 0 aliphatic heterocycles. The van der Waals surface area contributed by atoms with Crippen LogP contribution in [0.3, 0.4) is 0 Å². The maximum Gasteiger partial charge on any atom is 0.269 e. The van der Waals surface area contributed by atoms with Gasteiger partial charge in [-0.15, -0.1) is 0 Å². The lowest BCUT2D eigenvalue weighted by Gasteiger charge is -2.15. The number of benzene rings is 2. The van der Waals surface area contributed by atoms with E-state index < -0.39 is 0 Å². The average molecular weight is 366 g/mol. The Bertz CT molecular complexity index is 767. The Morgan fingerprint density at radius 1 is 0.963 bits per heavy atom. The highest BCUT2D eigenvalue weighted by atomic mass is 16.5. The van der Waals surface area contributed by atoms with E-state index in [-0.39, 0.29) is 5.91 Å². The van der Waals surface area contributed by atoms with E-state index in [1.54, 1.807) is 0 Å². The van der Waals surface area contributed by atoms with E-state index in [2.05, 4.69) is 16.9 Å². The molecule has 0 atom stereocenters. The minimum Gasteiger partial charge on any atom is -0.494 e. The zero-order valence-electron chi connectivity index (χ0n) is 15.7. The molecule has 5 heteroatoms. The number of carbonyl (C=O) groups is 1. The Kier molecular flexibility index (Phi) is 6.74. The molecule has 0 fully saturated rings. The van der Waals surface area contributed by atoms with Crippen LogP contribution in [0.25, 0.3) is 0 Å². The minimum absolute atomic E-state index is 0.138. The van der Waals surface area contributed by atoms with E-state index in [1.165, 1.54) is 6.42 Å². The zero-order chi connectivity index (χ0) is 18.9. The van der Waals surface area contributed by atoms with E-state index >= 15 is 0 Å². The van der Waals surface area contributed by atoms with E-state index in [9.17, 15) is 4.79 Å². The maximum absolute atomic E-state index is 12.2. The Hall–Kier alpha value is -2.95. The van der Waals surface area contributed by atoms with Crippen LogP contribution in [0, 0.1) is 0 Å². The summed E-state index contributed by atoms with van der Waals surface area (Å²) in [5, 5.41) is 0. The fraction of sp³-hybridized carbons (Fsp3) is 0.318. The molecule has 2 aromatic carbocycles. The largest absolute Gasteiger partial charge is 0.494 e. The monoisotopic (exact) mass is 366 g/mol. The highest BCUT2D eigenvalue weighted by Gasteiger charge is 2.08. The van der Waals surface area contributed by atoms with Crippen molar-refractivity contribution in [2.75, 3.05) is 6.61 Å². The van der Waals surface area contributed by atoms with Crippen LogP contribution in [0.15, 0.2) is 60.3 Å². The lowest BCUT2D eigenvalue weighted by atomic mass is 10.1. The summed E-state index contributed by atoms with van der Waals surface area (Å²) < 4.78 is 11.2. The Morgan fingerprint density at radius 2 is 1.67 bits per heavy atom. The second-order valence-electron chi connectivity index (χ2n) is 6.44. The summed E-state index contributed by atoms with van der Waals surface area (Å²) in [4.78, 5) is 12.2. The van der Waals surface area contributed by atoms with Crippen molar-refractivity contribution < 1.29 is 14.3 Å². The predicted molar refractivity (Wildman–Crippen MR) is 106 cm³/mol. The fourth-order valence-electron chi connectivity index (χ4n) is 2.88. The summed E-state index contributed by atoms with van der Waals surface area (Å²) in [6.45, 7) is 3.05. The van der Waals surface area contributed by atoms with Gasteiger partial charge in [0, 0.05) is 11.3 Å². The summed E-state index contributed by atoms with van der Waals surface area (Å²) in [7, 11) is 0. The number of hydrazine groups is 1. The zero-order valence-corrected chi connectivity index (χ0v) is 15.7. The van der Waals surface area contributed by atoms with Crippen molar-refractivity contribution >= 4 is 5.91 Å². The van der Waals surface area contributed by atoms with Crippen LogP contribution in [-0.2, 0) is 6.61 Å². The summed E-state index contributed by atoms with van der Waals surface area (Å²) in [6.07, 6.45) is 6.59. The molecule has 3 rings (SSSR count). The number of ether oxygens (including phenoxy) is 2. The van der Waals surface area contributed by atoms with Crippen molar-refractivity contribution in [1.29, 1.82) is 0 Å². The van der Waals surface area contributed by atoms with Crippen LogP contribution in [0.1, 0.15) is 48.5 Å². The van der Waals surface area contributed by atoms with E-state index in [4.69, 9.17) is 9.47 Å². The summed E-state index contributed by atoms with van der Waals surface area (Å²) in [5.74, 6) is 1.48. The van der Waals surface area contributed by atoms with Crippen LogP contribution in [0.2, 0.25) is 0 Å². The maximum atomic E-state index is 12.2. The summed E-state index contributed by atoms with van der Waals surface area (Å²) >= 11 is 0. The van der Waals surface area contributed by atoms with Gasteiger partial charge >= 0.3 is 0 Å². The molecular formula is C22H26N2O3. The first-order valence-corrected chi connectivity index (χ1v) is 9.44. The molecule has 2 aromatic rings. The van der Waals surface area contributed by atoms with Crippen LogP contribution in [-0.4, -0.2) is 12.5 Å². The van der Waals surface area contributed by atoms with Gasteiger partial charge in [0.1, 0.15) is 18.1 Å². The second kappa shape index (κ2) is 9.67. The van der Waals surface area contributed by atoms with Crippen molar-refractivity contribution in [3.05, 3.63) is 71.4 Å². The first kappa shape index (κ1) is 18.8. The molecule has 0 radical (unpaired) electrons. The van der Waals surface area contributed by atoms with Crippen LogP contribution in [0.4, 0.5) is 0 Å². The van der Waals surface area contributed by atoms with Crippen LogP contribution >= 0.6 is 0 Å². The van der Waals surface area contributed by atoms with Gasteiger partial charge in [0.2, 0.25) is 0 Å². The van der Waals surface area contributed by atoms with Gasteiger partial charge < -0.3 is 14.9 Å². The molecule has 0 saturated carbocycles. The predicted octanol–water partition coefficient (Wildman–Crippen LogP) is 4.36. The molecule has 1 aliphatic carbocycles. The third-order valence-corrected chi connectivity index (χ3v) is 4.38. The number of amides is 1. The third kappa shape index (κ3) is 5.78. The Morgan fingerprint density at radius 3 is 2.30 bits per heavy atom. The minimum atomic E-state index is -0.138. The van der Waals surface area contributed by atoms with Gasteiger partial charge in [-0.25, -0.2) is 0 Å². The number of carbonyl (C=O) groups excluding carboxylic acids is 1. The van der Waals surface area contributed by atoms with Gasteiger partial charge in [0.25, 0.3) is 5.91 Å².